The molecule has 2 aromatic carbocycles. The first-order valence-corrected chi connectivity index (χ1v) is 12.1. The van der Waals surface area contributed by atoms with Crippen molar-refractivity contribution in [1.82, 2.24) is 9.97 Å². The molecule has 2 aromatic heterocycles. The van der Waals surface area contributed by atoms with Crippen LogP contribution in [0.15, 0.2) is 48.5 Å². The number of rotatable bonds is 2. The first-order valence-electron chi connectivity index (χ1n) is 8.48. The second-order valence-electron chi connectivity index (χ2n) is 6.59. The van der Waals surface area contributed by atoms with E-state index in [0.29, 0.717) is 0 Å². The SMILES string of the molecule is Cc1nc2c(s1)-c1sc(C)nc1[Si]2(c1ccc(F)cc1)c1ccc(F)cc1. The summed E-state index contributed by atoms with van der Waals surface area (Å²) in [7, 11) is -2.76. The van der Waals surface area contributed by atoms with Crippen molar-refractivity contribution in [2.24, 2.45) is 0 Å². The Bertz CT molecular complexity index is 1070. The molecule has 3 heterocycles. The van der Waals surface area contributed by atoms with Crippen molar-refractivity contribution in [2.45, 2.75) is 13.8 Å². The topological polar surface area (TPSA) is 25.8 Å². The Morgan fingerprint density at radius 2 is 1.04 bits per heavy atom. The van der Waals surface area contributed by atoms with Gasteiger partial charge in [-0.25, -0.2) is 18.7 Å². The maximum atomic E-state index is 13.7. The average Bonchev–Trinajstić information content (AvgIpc) is 3.27. The molecule has 5 rings (SSSR count). The molecule has 0 spiro atoms. The Balaban J connectivity index is 1.93. The molecule has 7 heteroatoms. The third-order valence-electron chi connectivity index (χ3n) is 4.94. The normalized spacial score (nSPS) is 14.2. The number of hydrogen-bond acceptors (Lipinski definition) is 4. The smallest absolute Gasteiger partial charge is 0.227 e. The van der Waals surface area contributed by atoms with Gasteiger partial charge in [-0.1, -0.05) is 24.3 Å². The molecule has 2 nitrogen and oxygen atoms in total. The summed E-state index contributed by atoms with van der Waals surface area (Å²) in [5.41, 5.74) is 0. The molecular weight excluding hydrogens is 398 g/mol. The van der Waals surface area contributed by atoms with Gasteiger partial charge in [0.15, 0.2) is 0 Å². The van der Waals surface area contributed by atoms with Gasteiger partial charge in [-0.3, -0.25) is 0 Å². The van der Waals surface area contributed by atoms with E-state index in [0.717, 1.165) is 40.8 Å². The largest absolute Gasteiger partial charge is 0.249 e. The first-order chi connectivity index (χ1) is 13.0. The lowest BCUT2D eigenvalue weighted by atomic mass is 10.3. The van der Waals surface area contributed by atoms with Crippen molar-refractivity contribution in [2.75, 3.05) is 0 Å². The summed E-state index contributed by atoms with van der Waals surface area (Å²) >= 11 is 3.35. The summed E-state index contributed by atoms with van der Waals surface area (Å²) in [5, 5.41) is 6.11. The highest BCUT2D eigenvalue weighted by atomic mass is 32.1. The molecule has 0 unspecified atom stereocenters. The summed E-state index contributed by atoms with van der Waals surface area (Å²) < 4.78 is 27.4. The van der Waals surface area contributed by atoms with E-state index in [1.165, 1.54) is 24.3 Å². The predicted molar refractivity (Wildman–Crippen MR) is 110 cm³/mol. The number of benzene rings is 2. The number of halogens is 2. The zero-order chi connectivity index (χ0) is 18.8. The molecular formula is C20H14F2N2S2Si. The fraction of sp³-hybridized carbons (Fsp3) is 0.100. The lowest BCUT2D eigenvalue weighted by Crippen LogP contribution is -2.74. The van der Waals surface area contributed by atoms with Gasteiger partial charge < -0.3 is 0 Å². The monoisotopic (exact) mass is 412 g/mol. The van der Waals surface area contributed by atoms with Gasteiger partial charge in [0.05, 0.1) is 30.4 Å². The average molecular weight is 413 g/mol. The Morgan fingerprint density at radius 1 is 0.667 bits per heavy atom. The van der Waals surface area contributed by atoms with Gasteiger partial charge in [0.1, 0.15) is 11.6 Å². The number of nitrogens with zero attached hydrogens (tertiary/aromatic N) is 2. The summed E-state index contributed by atoms with van der Waals surface area (Å²) in [5.74, 6) is -0.547. The van der Waals surface area contributed by atoms with Gasteiger partial charge in [-0.05, 0) is 48.5 Å². The maximum Gasteiger partial charge on any atom is 0.227 e. The van der Waals surface area contributed by atoms with Crippen LogP contribution >= 0.6 is 22.7 Å². The second kappa shape index (κ2) is 5.89. The molecule has 1 aliphatic rings. The molecule has 0 bridgehead atoms. The summed E-state index contributed by atoms with van der Waals surface area (Å²) in [6, 6.07) is 13.3. The minimum atomic E-state index is -2.76. The fourth-order valence-corrected chi connectivity index (χ4v) is 11.8. The van der Waals surface area contributed by atoms with E-state index in [1.807, 2.05) is 38.1 Å². The van der Waals surface area contributed by atoms with Gasteiger partial charge in [-0.15, -0.1) is 22.7 Å². The number of aryl methyl sites for hydroxylation is 2. The first kappa shape index (κ1) is 16.9. The van der Waals surface area contributed by atoms with Crippen LogP contribution in [0.3, 0.4) is 0 Å². The van der Waals surface area contributed by atoms with E-state index in [4.69, 9.17) is 9.97 Å². The van der Waals surface area contributed by atoms with Crippen molar-refractivity contribution >= 4 is 51.8 Å². The maximum absolute atomic E-state index is 13.7. The quantitative estimate of drug-likeness (QED) is 0.417. The Labute approximate surface area is 164 Å². The third-order valence-corrected chi connectivity index (χ3v) is 12.0. The van der Waals surface area contributed by atoms with Crippen molar-refractivity contribution in [3.05, 3.63) is 70.2 Å². The molecule has 0 N–H and O–H groups in total. The van der Waals surface area contributed by atoms with Crippen LogP contribution in [0.5, 0.6) is 0 Å². The highest BCUT2D eigenvalue weighted by Gasteiger charge is 2.54. The number of hydrogen-bond donors (Lipinski definition) is 0. The highest BCUT2D eigenvalue weighted by molar-refractivity contribution is 7.33. The molecule has 4 aromatic rings. The molecule has 27 heavy (non-hydrogen) atoms. The molecule has 0 saturated heterocycles. The number of aromatic nitrogens is 2. The second-order valence-corrected chi connectivity index (χ2v) is 12.6. The van der Waals surface area contributed by atoms with E-state index in [9.17, 15) is 8.78 Å². The summed E-state index contributed by atoms with van der Waals surface area (Å²) in [6.45, 7) is 4.01. The van der Waals surface area contributed by atoms with Crippen LogP contribution in [0.1, 0.15) is 10.0 Å². The van der Waals surface area contributed by atoms with Crippen LogP contribution in [0.2, 0.25) is 0 Å². The van der Waals surface area contributed by atoms with Crippen molar-refractivity contribution in [3.8, 4) is 9.75 Å². The zero-order valence-corrected chi connectivity index (χ0v) is 17.2. The minimum Gasteiger partial charge on any atom is -0.249 e. The standard InChI is InChI=1S/C20H14F2N2S2Si/c1-11-23-19-17(25-11)18-20(24-12(2)26-18)27(19,15-7-3-13(21)4-8-15)16-9-5-14(22)6-10-16/h3-10H,1-2H3. The molecule has 1 aliphatic heterocycles. The van der Waals surface area contributed by atoms with E-state index in [1.54, 1.807) is 22.7 Å². The Kier molecular flexibility index (Phi) is 3.69. The van der Waals surface area contributed by atoms with E-state index >= 15 is 0 Å². The van der Waals surface area contributed by atoms with Crippen LogP contribution < -0.4 is 21.0 Å². The fourth-order valence-electron chi connectivity index (χ4n) is 3.90. The Hall–Kier alpha value is -2.22. The van der Waals surface area contributed by atoms with Crippen LogP contribution in [-0.4, -0.2) is 18.0 Å². The predicted octanol–water partition coefficient (Wildman–Crippen LogP) is 2.85. The zero-order valence-electron chi connectivity index (χ0n) is 14.6. The van der Waals surface area contributed by atoms with E-state index < -0.39 is 8.07 Å². The van der Waals surface area contributed by atoms with E-state index in [2.05, 4.69) is 0 Å². The third kappa shape index (κ3) is 2.32. The van der Waals surface area contributed by atoms with Crippen LogP contribution in [-0.2, 0) is 0 Å². The highest BCUT2D eigenvalue weighted by Crippen LogP contribution is 2.36. The molecule has 0 fully saturated rings. The van der Waals surface area contributed by atoms with Gasteiger partial charge >= 0.3 is 0 Å². The van der Waals surface area contributed by atoms with Gasteiger partial charge in [0.2, 0.25) is 8.07 Å². The number of thiazole rings is 2. The lowest BCUT2D eigenvalue weighted by molar-refractivity contribution is 0.628. The number of fused-ring (bicyclic) bond motifs is 3. The van der Waals surface area contributed by atoms with Gasteiger partial charge in [0.25, 0.3) is 0 Å². The molecule has 0 radical (unpaired) electrons. The summed E-state index contributed by atoms with van der Waals surface area (Å²) in [4.78, 5) is 12.2. The molecule has 0 atom stereocenters. The van der Waals surface area contributed by atoms with Crippen molar-refractivity contribution in [1.29, 1.82) is 0 Å². The molecule has 0 saturated carbocycles. The van der Waals surface area contributed by atoms with Crippen LogP contribution in [0.25, 0.3) is 9.75 Å². The lowest BCUT2D eigenvalue weighted by Gasteiger charge is -2.27. The minimum absolute atomic E-state index is 0.274. The van der Waals surface area contributed by atoms with Crippen molar-refractivity contribution < 1.29 is 8.78 Å². The van der Waals surface area contributed by atoms with Crippen molar-refractivity contribution in [3.63, 3.8) is 0 Å². The molecule has 0 aliphatic carbocycles. The van der Waals surface area contributed by atoms with Gasteiger partial charge in [-0.2, -0.15) is 0 Å². The van der Waals surface area contributed by atoms with Crippen LogP contribution in [0, 0.1) is 25.5 Å². The van der Waals surface area contributed by atoms with E-state index in [-0.39, 0.29) is 11.6 Å². The molecule has 134 valence electrons. The van der Waals surface area contributed by atoms with Crippen LogP contribution in [0.4, 0.5) is 8.78 Å². The Morgan fingerprint density at radius 3 is 1.41 bits per heavy atom. The molecule has 0 amide bonds. The van der Waals surface area contributed by atoms with Gasteiger partial charge in [0, 0.05) is 0 Å². The summed E-state index contributed by atoms with van der Waals surface area (Å²) in [6.07, 6.45) is 0.